The Morgan fingerprint density at radius 1 is 1.28 bits per heavy atom. The predicted molar refractivity (Wildman–Crippen MR) is 66.2 cm³/mol. The highest BCUT2D eigenvalue weighted by atomic mass is 16.5. The summed E-state index contributed by atoms with van der Waals surface area (Å²) in [6.45, 7) is 2.65. The molecule has 0 radical (unpaired) electrons. The van der Waals surface area contributed by atoms with E-state index in [0.717, 1.165) is 5.56 Å². The zero-order chi connectivity index (χ0) is 13.3. The van der Waals surface area contributed by atoms with Crippen LogP contribution in [0.4, 0.5) is 0 Å². The van der Waals surface area contributed by atoms with Gasteiger partial charge in [0.25, 0.3) is 5.91 Å². The molecule has 1 aromatic carbocycles. The first-order chi connectivity index (χ1) is 8.56. The highest BCUT2D eigenvalue weighted by Crippen LogP contribution is 2.30. The van der Waals surface area contributed by atoms with Crippen LogP contribution in [0.15, 0.2) is 12.1 Å². The van der Waals surface area contributed by atoms with Gasteiger partial charge in [0, 0.05) is 24.2 Å². The van der Waals surface area contributed by atoms with Gasteiger partial charge in [0.2, 0.25) is 0 Å². The molecule has 1 aliphatic rings. The van der Waals surface area contributed by atoms with Crippen molar-refractivity contribution in [2.75, 3.05) is 27.3 Å². The second kappa shape index (κ2) is 4.86. The van der Waals surface area contributed by atoms with Crippen molar-refractivity contribution in [3.63, 3.8) is 0 Å². The number of nitrogens with zero attached hydrogens (tertiary/aromatic N) is 1. The van der Waals surface area contributed by atoms with Crippen molar-refractivity contribution in [3.8, 4) is 11.5 Å². The number of ether oxygens (including phenoxy) is 2. The van der Waals surface area contributed by atoms with E-state index in [1.807, 2.05) is 6.92 Å². The molecule has 0 saturated carbocycles. The molecule has 2 rings (SSSR count). The number of methoxy groups -OCH3 is 2. The Hall–Kier alpha value is -1.75. The van der Waals surface area contributed by atoms with Gasteiger partial charge in [0.1, 0.15) is 11.5 Å². The van der Waals surface area contributed by atoms with Gasteiger partial charge in [-0.05, 0) is 19.1 Å². The second-order valence-corrected chi connectivity index (χ2v) is 4.37. The van der Waals surface area contributed by atoms with E-state index in [9.17, 15) is 9.90 Å². The number of likely N-dealkylation sites (tertiary alicyclic amines) is 1. The van der Waals surface area contributed by atoms with Crippen LogP contribution in [-0.2, 0) is 0 Å². The fourth-order valence-corrected chi connectivity index (χ4v) is 2.01. The fourth-order valence-electron chi connectivity index (χ4n) is 2.01. The molecule has 0 unspecified atom stereocenters. The molecule has 18 heavy (non-hydrogen) atoms. The molecule has 1 fully saturated rings. The Morgan fingerprint density at radius 3 is 2.17 bits per heavy atom. The van der Waals surface area contributed by atoms with Gasteiger partial charge in [-0.2, -0.15) is 0 Å². The third-order valence-corrected chi connectivity index (χ3v) is 3.15. The van der Waals surface area contributed by atoms with Crippen molar-refractivity contribution in [2.24, 2.45) is 0 Å². The summed E-state index contributed by atoms with van der Waals surface area (Å²) in [4.78, 5) is 13.7. The minimum absolute atomic E-state index is 0.114. The van der Waals surface area contributed by atoms with Crippen molar-refractivity contribution < 1.29 is 19.4 Å². The molecule has 98 valence electrons. The van der Waals surface area contributed by atoms with Crippen LogP contribution in [0.25, 0.3) is 0 Å². The predicted octanol–water partition coefficient (Wildman–Crippen LogP) is 0.829. The van der Waals surface area contributed by atoms with Gasteiger partial charge in [-0.25, -0.2) is 0 Å². The summed E-state index contributed by atoms with van der Waals surface area (Å²) in [5, 5.41) is 9.22. The minimum atomic E-state index is -0.400. The van der Waals surface area contributed by atoms with Gasteiger partial charge < -0.3 is 19.5 Å². The number of carbonyl (C=O) groups is 1. The normalized spacial score (nSPS) is 15.2. The lowest BCUT2D eigenvalue weighted by atomic mass is 10.1. The van der Waals surface area contributed by atoms with Gasteiger partial charge in [0.05, 0.1) is 20.3 Å². The van der Waals surface area contributed by atoms with E-state index in [1.54, 1.807) is 31.3 Å². The van der Waals surface area contributed by atoms with E-state index >= 15 is 0 Å². The maximum atomic E-state index is 12.1. The van der Waals surface area contributed by atoms with Crippen molar-refractivity contribution in [2.45, 2.75) is 13.0 Å². The molecule has 0 spiro atoms. The second-order valence-electron chi connectivity index (χ2n) is 4.37. The molecule has 0 bridgehead atoms. The highest BCUT2D eigenvalue weighted by molar-refractivity contribution is 5.96. The number of aliphatic hydroxyl groups excluding tert-OH is 1. The molecular weight excluding hydrogens is 234 g/mol. The van der Waals surface area contributed by atoms with Crippen molar-refractivity contribution in [1.29, 1.82) is 0 Å². The molecular formula is C13H17NO4. The molecule has 1 amide bonds. The Balaban J connectivity index is 2.30. The average Bonchev–Trinajstić information content (AvgIpc) is 2.34. The topological polar surface area (TPSA) is 59.0 Å². The fraction of sp³-hybridized carbons (Fsp3) is 0.462. The molecule has 5 nitrogen and oxygen atoms in total. The zero-order valence-electron chi connectivity index (χ0n) is 10.8. The van der Waals surface area contributed by atoms with Crippen molar-refractivity contribution in [3.05, 3.63) is 23.3 Å². The number of hydrogen-bond donors (Lipinski definition) is 1. The van der Waals surface area contributed by atoms with Gasteiger partial charge in [-0.15, -0.1) is 0 Å². The standard InChI is InChI=1S/C13H17NO4/c1-8-11(17-2)4-9(5-12(8)18-3)13(16)14-6-10(15)7-14/h4-5,10,15H,6-7H2,1-3H3. The number of amides is 1. The smallest absolute Gasteiger partial charge is 0.254 e. The van der Waals surface area contributed by atoms with Crippen LogP contribution in [0.1, 0.15) is 15.9 Å². The van der Waals surface area contributed by atoms with E-state index in [0.29, 0.717) is 30.2 Å². The number of hydrogen-bond acceptors (Lipinski definition) is 4. The summed E-state index contributed by atoms with van der Waals surface area (Å²) >= 11 is 0. The molecule has 1 heterocycles. The van der Waals surface area contributed by atoms with Crippen molar-refractivity contribution >= 4 is 5.91 Å². The Kier molecular flexibility index (Phi) is 3.43. The SMILES string of the molecule is COc1cc(C(=O)N2CC(O)C2)cc(OC)c1C. The number of β-amino-alcohol motifs (C(OH)–C–C–N with tert-alkyl or cyclic N) is 1. The third-order valence-electron chi connectivity index (χ3n) is 3.15. The molecule has 0 aromatic heterocycles. The van der Waals surface area contributed by atoms with E-state index in [2.05, 4.69) is 0 Å². The lowest BCUT2D eigenvalue weighted by molar-refractivity contribution is 0.00586. The minimum Gasteiger partial charge on any atom is -0.496 e. The molecule has 1 aliphatic heterocycles. The molecule has 0 atom stereocenters. The van der Waals surface area contributed by atoms with E-state index in [1.165, 1.54) is 0 Å². The van der Waals surface area contributed by atoms with E-state index < -0.39 is 6.10 Å². The first kappa shape index (κ1) is 12.7. The summed E-state index contributed by atoms with van der Waals surface area (Å²) in [7, 11) is 3.12. The van der Waals surface area contributed by atoms with Crippen LogP contribution in [0.2, 0.25) is 0 Å². The lowest BCUT2D eigenvalue weighted by Gasteiger charge is -2.36. The summed E-state index contributed by atoms with van der Waals surface area (Å²) in [6, 6.07) is 3.40. The molecule has 1 N–H and O–H groups in total. The van der Waals surface area contributed by atoms with Gasteiger partial charge in [-0.3, -0.25) is 4.79 Å². The molecule has 1 saturated heterocycles. The quantitative estimate of drug-likeness (QED) is 0.864. The number of carbonyl (C=O) groups excluding carboxylic acids is 1. The maximum Gasteiger partial charge on any atom is 0.254 e. The van der Waals surface area contributed by atoms with Crippen LogP contribution >= 0.6 is 0 Å². The van der Waals surface area contributed by atoms with Gasteiger partial charge >= 0.3 is 0 Å². The van der Waals surface area contributed by atoms with Crippen molar-refractivity contribution in [1.82, 2.24) is 4.90 Å². The number of aliphatic hydroxyl groups is 1. The summed E-state index contributed by atoms with van der Waals surface area (Å²) in [5.74, 6) is 1.13. The monoisotopic (exact) mass is 251 g/mol. The van der Waals surface area contributed by atoms with Crippen LogP contribution in [0.5, 0.6) is 11.5 Å². The van der Waals surface area contributed by atoms with E-state index in [4.69, 9.17) is 9.47 Å². The summed E-state index contributed by atoms with van der Waals surface area (Å²) in [6.07, 6.45) is -0.400. The highest BCUT2D eigenvalue weighted by Gasteiger charge is 2.30. The maximum absolute atomic E-state index is 12.1. The van der Waals surface area contributed by atoms with Crippen LogP contribution in [-0.4, -0.2) is 49.3 Å². The van der Waals surface area contributed by atoms with Crippen LogP contribution in [0.3, 0.4) is 0 Å². The van der Waals surface area contributed by atoms with Crippen LogP contribution in [0, 0.1) is 6.92 Å². The van der Waals surface area contributed by atoms with E-state index in [-0.39, 0.29) is 5.91 Å². The summed E-state index contributed by atoms with van der Waals surface area (Å²) < 4.78 is 10.5. The first-order valence-electron chi connectivity index (χ1n) is 5.76. The number of benzene rings is 1. The first-order valence-corrected chi connectivity index (χ1v) is 5.76. The van der Waals surface area contributed by atoms with Gasteiger partial charge in [0.15, 0.2) is 0 Å². The van der Waals surface area contributed by atoms with Crippen LogP contribution < -0.4 is 9.47 Å². The Morgan fingerprint density at radius 2 is 1.78 bits per heavy atom. The zero-order valence-corrected chi connectivity index (χ0v) is 10.8. The molecule has 5 heteroatoms. The van der Waals surface area contributed by atoms with Gasteiger partial charge in [-0.1, -0.05) is 0 Å². The third kappa shape index (κ3) is 2.13. The lowest BCUT2D eigenvalue weighted by Crippen LogP contribution is -2.53. The number of rotatable bonds is 3. The summed E-state index contributed by atoms with van der Waals surface area (Å²) in [5.41, 5.74) is 1.38. The largest absolute Gasteiger partial charge is 0.496 e. The molecule has 1 aromatic rings. The average molecular weight is 251 g/mol. The Bertz CT molecular complexity index is 441. The molecule has 0 aliphatic carbocycles. The Labute approximate surface area is 106 Å².